The fraction of sp³-hybridized carbons (Fsp3) is 0.533. The van der Waals surface area contributed by atoms with Crippen molar-refractivity contribution in [2.24, 2.45) is 7.05 Å². The molecule has 2 aromatic rings. The van der Waals surface area contributed by atoms with E-state index >= 15 is 0 Å². The number of aromatic nitrogens is 4. The van der Waals surface area contributed by atoms with Gasteiger partial charge in [0, 0.05) is 43.2 Å². The first-order valence-corrected chi connectivity index (χ1v) is 7.77. The molecule has 3 N–H and O–H groups in total. The zero-order valence-electron chi connectivity index (χ0n) is 13.4. The molecular weight excluding hydrogens is 296 g/mol. The average Bonchev–Trinajstić information content (AvgIpc) is 3.14. The number of nitrogens with one attached hydrogen (secondary N) is 3. The van der Waals surface area contributed by atoms with Crippen molar-refractivity contribution in [2.45, 2.75) is 38.5 Å². The van der Waals surface area contributed by atoms with Crippen LogP contribution < -0.4 is 10.6 Å². The van der Waals surface area contributed by atoms with Crippen molar-refractivity contribution in [2.75, 3.05) is 6.61 Å². The minimum Gasteiger partial charge on any atom is -0.371 e. The Hall–Kier alpha value is -2.35. The summed E-state index contributed by atoms with van der Waals surface area (Å²) in [4.78, 5) is 12.2. The molecule has 1 fully saturated rings. The molecule has 1 saturated heterocycles. The molecule has 2 amide bonds. The third kappa shape index (κ3) is 3.70. The molecule has 0 radical (unpaired) electrons. The van der Waals surface area contributed by atoms with Gasteiger partial charge in [-0.05, 0) is 19.8 Å². The van der Waals surface area contributed by atoms with Gasteiger partial charge in [-0.15, -0.1) is 0 Å². The number of rotatable bonds is 4. The number of H-pyrrole nitrogens is 1. The Morgan fingerprint density at radius 2 is 2.39 bits per heavy atom. The van der Waals surface area contributed by atoms with Crippen molar-refractivity contribution < 1.29 is 9.53 Å². The van der Waals surface area contributed by atoms with E-state index in [4.69, 9.17) is 4.74 Å². The molecular formula is C15H22N6O2. The summed E-state index contributed by atoms with van der Waals surface area (Å²) in [5.74, 6) is 0. The number of carbonyl (C=O) groups is 1. The summed E-state index contributed by atoms with van der Waals surface area (Å²) in [6.07, 6.45) is 7.10. The molecule has 2 atom stereocenters. The summed E-state index contributed by atoms with van der Waals surface area (Å²) in [5, 5.41) is 16.9. The van der Waals surface area contributed by atoms with E-state index in [1.54, 1.807) is 17.1 Å². The topological polar surface area (TPSA) is 96.9 Å². The lowest BCUT2D eigenvalue weighted by Gasteiger charge is -2.31. The Bertz CT molecular complexity index is 664. The highest BCUT2D eigenvalue weighted by molar-refractivity contribution is 5.74. The van der Waals surface area contributed by atoms with E-state index in [1.165, 1.54) is 0 Å². The lowest BCUT2D eigenvalue weighted by atomic mass is 9.98. The van der Waals surface area contributed by atoms with Gasteiger partial charge >= 0.3 is 6.03 Å². The molecule has 0 saturated carbocycles. The fourth-order valence-corrected chi connectivity index (χ4v) is 2.79. The maximum atomic E-state index is 12.2. The zero-order valence-corrected chi connectivity index (χ0v) is 13.4. The van der Waals surface area contributed by atoms with Crippen LogP contribution in [0.15, 0.2) is 18.6 Å². The second kappa shape index (κ2) is 6.82. The number of urea groups is 1. The summed E-state index contributed by atoms with van der Waals surface area (Å²) in [6.45, 7) is 3.07. The third-order valence-corrected chi connectivity index (χ3v) is 4.07. The molecule has 23 heavy (non-hydrogen) atoms. The molecule has 0 unspecified atom stereocenters. The van der Waals surface area contributed by atoms with Crippen LogP contribution in [0.25, 0.3) is 0 Å². The predicted octanol–water partition coefficient (Wildman–Crippen LogP) is 1.17. The van der Waals surface area contributed by atoms with Gasteiger partial charge in [0.05, 0.1) is 18.4 Å². The van der Waals surface area contributed by atoms with E-state index in [0.29, 0.717) is 13.2 Å². The highest BCUT2D eigenvalue weighted by Crippen LogP contribution is 2.28. The van der Waals surface area contributed by atoms with Crippen LogP contribution in [0, 0.1) is 6.92 Å². The average molecular weight is 318 g/mol. The normalized spacial score (nSPS) is 21.1. The highest BCUT2D eigenvalue weighted by atomic mass is 16.5. The lowest BCUT2D eigenvalue weighted by molar-refractivity contribution is -0.00747. The number of hydrogen-bond acceptors (Lipinski definition) is 4. The van der Waals surface area contributed by atoms with Gasteiger partial charge in [-0.1, -0.05) is 0 Å². The van der Waals surface area contributed by atoms with Crippen LogP contribution in [0.2, 0.25) is 0 Å². The molecule has 0 spiro atoms. The largest absolute Gasteiger partial charge is 0.371 e. The number of amides is 2. The van der Waals surface area contributed by atoms with E-state index in [0.717, 1.165) is 29.7 Å². The molecule has 3 rings (SSSR count). The van der Waals surface area contributed by atoms with Gasteiger partial charge in [-0.2, -0.15) is 10.2 Å². The maximum absolute atomic E-state index is 12.2. The minimum absolute atomic E-state index is 0.0570. The molecule has 1 aliphatic rings. The molecule has 0 aromatic carbocycles. The Kier molecular flexibility index (Phi) is 4.61. The predicted molar refractivity (Wildman–Crippen MR) is 83.6 cm³/mol. The van der Waals surface area contributed by atoms with Crippen LogP contribution in [0.5, 0.6) is 0 Å². The molecule has 8 nitrogen and oxygen atoms in total. The number of nitrogens with zero attached hydrogens (tertiary/aromatic N) is 3. The lowest BCUT2D eigenvalue weighted by Crippen LogP contribution is -2.46. The molecule has 2 aromatic heterocycles. The SMILES string of the molecule is Cc1[nH]ncc1CNC(=O)N[C@@H]1CCCO[C@H]1c1cnn(C)c1. The Morgan fingerprint density at radius 3 is 3.09 bits per heavy atom. The zero-order chi connectivity index (χ0) is 16.2. The fourth-order valence-electron chi connectivity index (χ4n) is 2.79. The standard InChI is InChI=1S/C15H22N6O2/c1-10-11(7-17-20-10)6-16-15(22)19-13-4-3-5-23-14(13)12-8-18-21(2)9-12/h7-9,13-14H,3-6H2,1-2H3,(H,17,20)(H2,16,19,22)/t13-,14+/m1/s1. The monoisotopic (exact) mass is 318 g/mol. The first kappa shape index (κ1) is 15.5. The van der Waals surface area contributed by atoms with E-state index in [2.05, 4.69) is 25.9 Å². The van der Waals surface area contributed by atoms with E-state index in [-0.39, 0.29) is 18.2 Å². The first-order valence-electron chi connectivity index (χ1n) is 7.77. The second-order valence-electron chi connectivity index (χ2n) is 5.83. The summed E-state index contributed by atoms with van der Waals surface area (Å²) in [5.41, 5.74) is 2.92. The van der Waals surface area contributed by atoms with Crippen LogP contribution in [0.3, 0.4) is 0 Å². The number of hydrogen-bond donors (Lipinski definition) is 3. The van der Waals surface area contributed by atoms with Gasteiger partial charge < -0.3 is 15.4 Å². The highest BCUT2D eigenvalue weighted by Gasteiger charge is 2.29. The van der Waals surface area contributed by atoms with Crippen molar-refractivity contribution in [3.63, 3.8) is 0 Å². The molecule has 0 aliphatic carbocycles. The molecule has 3 heterocycles. The molecule has 8 heteroatoms. The van der Waals surface area contributed by atoms with E-state index < -0.39 is 0 Å². The summed E-state index contributed by atoms with van der Waals surface area (Å²) < 4.78 is 7.59. The van der Waals surface area contributed by atoms with Gasteiger partial charge in [-0.25, -0.2) is 4.79 Å². The van der Waals surface area contributed by atoms with Crippen LogP contribution in [0.1, 0.15) is 35.8 Å². The Labute approximate surface area is 134 Å². The van der Waals surface area contributed by atoms with Crippen molar-refractivity contribution in [1.82, 2.24) is 30.6 Å². The number of aromatic amines is 1. The summed E-state index contributed by atoms with van der Waals surface area (Å²) in [6, 6.07) is -0.256. The quantitative estimate of drug-likeness (QED) is 0.788. The first-order chi connectivity index (χ1) is 11.1. The number of carbonyl (C=O) groups excluding carboxylic acids is 1. The van der Waals surface area contributed by atoms with Crippen molar-refractivity contribution in [3.8, 4) is 0 Å². The van der Waals surface area contributed by atoms with Gasteiger partial charge in [0.15, 0.2) is 0 Å². The van der Waals surface area contributed by atoms with Crippen LogP contribution in [0.4, 0.5) is 4.79 Å². The summed E-state index contributed by atoms with van der Waals surface area (Å²) >= 11 is 0. The van der Waals surface area contributed by atoms with Gasteiger partial charge in [-0.3, -0.25) is 9.78 Å². The van der Waals surface area contributed by atoms with E-state index in [9.17, 15) is 4.79 Å². The number of aryl methyl sites for hydroxylation is 2. The van der Waals surface area contributed by atoms with Gasteiger partial charge in [0.1, 0.15) is 6.10 Å². The van der Waals surface area contributed by atoms with Gasteiger partial charge in [0.2, 0.25) is 0 Å². The molecule has 124 valence electrons. The Balaban J connectivity index is 1.58. The van der Waals surface area contributed by atoms with Gasteiger partial charge in [0.25, 0.3) is 0 Å². The van der Waals surface area contributed by atoms with Crippen molar-refractivity contribution in [1.29, 1.82) is 0 Å². The van der Waals surface area contributed by atoms with Crippen LogP contribution in [-0.2, 0) is 18.3 Å². The molecule has 0 bridgehead atoms. The van der Waals surface area contributed by atoms with Crippen LogP contribution >= 0.6 is 0 Å². The molecule has 1 aliphatic heterocycles. The number of ether oxygens (including phenoxy) is 1. The second-order valence-corrected chi connectivity index (χ2v) is 5.83. The van der Waals surface area contributed by atoms with Crippen molar-refractivity contribution >= 4 is 6.03 Å². The summed E-state index contributed by atoms with van der Waals surface area (Å²) in [7, 11) is 1.87. The Morgan fingerprint density at radius 1 is 1.52 bits per heavy atom. The van der Waals surface area contributed by atoms with Crippen molar-refractivity contribution in [3.05, 3.63) is 35.4 Å². The maximum Gasteiger partial charge on any atom is 0.315 e. The third-order valence-electron chi connectivity index (χ3n) is 4.07. The van der Waals surface area contributed by atoms with E-state index in [1.807, 2.05) is 20.2 Å². The smallest absolute Gasteiger partial charge is 0.315 e. The minimum atomic E-state index is -0.199. The van der Waals surface area contributed by atoms with Crippen LogP contribution in [-0.4, -0.2) is 38.7 Å².